The van der Waals surface area contributed by atoms with Gasteiger partial charge in [-0.15, -0.1) is 11.3 Å². The van der Waals surface area contributed by atoms with Crippen LogP contribution in [0.2, 0.25) is 0 Å². The Morgan fingerprint density at radius 1 is 1.15 bits per heavy atom. The number of likely N-dealkylation sites (tertiary alicyclic amines) is 1. The summed E-state index contributed by atoms with van der Waals surface area (Å²) in [5, 5.41) is 3.99. The van der Waals surface area contributed by atoms with Crippen molar-refractivity contribution in [3.63, 3.8) is 0 Å². The van der Waals surface area contributed by atoms with E-state index in [1.165, 1.54) is 24.3 Å². The van der Waals surface area contributed by atoms with Crippen LogP contribution in [0.25, 0.3) is 10.6 Å². The summed E-state index contributed by atoms with van der Waals surface area (Å²) in [7, 11) is 0. The van der Waals surface area contributed by atoms with Crippen LogP contribution in [0.1, 0.15) is 36.8 Å². The van der Waals surface area contributed by atoms with Gasteiger partial charge in [0.25, 0.3) is 0 Å². The zero-order chi connectivity index (χ0) is 23.3. The van der Waals surface area contributed by atoms with Crippen molar-refractivity contribution in [2.24, 2.45) is 0 Å². The third-order valence-electron chi connectivity index (χ3n) is 6.69. The molecule has 34 heavy (non-hydrogen) atoms. The molecule has 5 rings (SSSR count). The van der Waals surface area contributed by atoms with Gasteiger partial charge >= 0.3 is 6.03 Å². The van der Waals surface area contributed by atoms with E-state index in [4.69, 9.17) is 9.72 Å². The lowest BCUT2D eigenvalue weighted by Crippen LogP contribution is -2.38. The lowest BCUT2D eigenvalue weighted by molar-refractivity contribution is 0.207. The van der Waals surface area contributed by atoms with E-state index in [0.29, 0.717) is 19.1 Å². The number of nitrogens with zero attached hydrogens (tertiary/aromatic N) is 3. The van der Waals surface area contributed by atoms with Gasteiger partial charge in [0.05, 0.1) is 18.8 Å². The summed E-state index contributed by atoms with van der Waals surface area (Å²) in [4.78, 5) is 23.1. The van der Waals surface area contributed by atoms with Gasteiger partial charge in [-0.25, -0.2) is 9.78 Å². The molecule has 1 unspecified atom stereocenters. The van der Waals surface area contributed by atoms with Gasteiger partial charge in [0.1, 0.15) is 10.8 Å². The normalized spacial score (nSPS) is 18.0. The van der Waals surface area contributed by atoms with Crippen LogP contribution < -0.4 is 10.1 Å². The SMILES string of the molecule is CC1CCCN1CCCOc1ccc(-c2nc3c(s2)CN(C(=O)Nc2ccccc2)CC3)cc1. The summed E-state index contributed by atoms with van der Waals surface area (Å²) in [6.45, 7) is 6.68. The van der Waals surface area contributed by atoms with E-state index in [9.17, 15) is 4.79 Å². The Kier molecular flexibility index (Phi) is 7.11. The summed E-state index contributed by atoms with van der Waals surface area (Å²) in [5.41, 5.74) is 3.02. The molecule has 3 heterocycles. The molecule has 1 saturated heterocycles. The van der Waals surface area contributed by atoms with Gasteiger partial charge in [-0.05, 0) is 69.1 Å². The Labute approximate surface area is 205 Å². The maximum Gasteiger partial charge on any atom is 0.322 e. The largest absolute Gasteiger partial charge is 0.494 e. The zero-order valence-corrected chi connectivity index (χ0v) is 20.5. The second-order valence-electron chi connectivity index (χ2n) is 9.11. The van der Waals surface area contributed by atoms with Gasteiger partial charge in [-0.1, -0.05) is 18.2 Å². The first-order chi connectivity index (χ1) is 16.7. The van der Waals surface area contributed by atoms with Crippen molar-refractivity contribution in [3.05, 3.63) is 65.2 Å². The van der Waals surface area contributed by atoms with E-state index < -0.39 is 0 Å². The molecule has 2 aromatic carbocycles. The molecule has 6 nitrogen and oxygen atoms in total. The van der Waals surface area contributed by atoms with E-state index >= 15 is 0 Å². The quantitative estimate of drug-likeness (QED) is 0.448. The highest BCUT2D eigenvalue weighted by atomic mass is 32.1. The standard InChI is InChI=1S/C27H32N4O2S/c1-20-7-5-15-30(20)16-6-18-33-23-12-10-21(11-13-23)26-29-24-14-17-31(19-25(24)34-26)27(32)28-22-8-3-2-4-9-22/h2-4,8-13,20H,5-7,14-19H2,1H3,(H,28,32). The molecule has 2 aliphatic rings. The number of hydrogen-bond acceptors (Lipinski definition) is 5. The number of para-hydroxylation sites is 1. The number of benzene rings is 2. The predicted molar refractivity (Wildman–Crippen MR) is 138 cm³/mol. The fourth-order valence-electron chi connectivity index (χ4n) is 4.69. The van der Waals surface area contributed by atoms with Crippen molar-refractivity contribution < 1.29 is 9.53 Å². The molecule has 1 atom stereocenters. The van der Waals surface area contributed by atoms with Gasteiger partial charge in [-0.3, -0.25) is 0 Å². The Hall–Kier alpha value is -2.90. The van der Waals surface area contributed by atoms with Gasteiger partial charge in [0, 0.05) is 41.7 Å². The fourth-order valence-corrected chi connectivity index (χ4v) is 5.82. The van der Waals surface area contributed by atoms with Crippen molar-refractivity contribution in [3.8, 4) is 16.3 Å². The summed E-state index contributed by atoms with van der Waals surface area (Å²) < 4.78 is 5.97. The minimum absolute atomic E-state index is 0.0625. The average Bonchev–Trinajstić information content (AvgIpc) is 3.48. The van der Waals surface area contributed by atoms with Gasteiger partial charge in [0.2, 0.25) is 0 Å². The van der Waals surface area contributed by atoms with Crippen LogP contribution in [0.15, 0.2) is 54.6 Å². The molecule has 2 amide bonds. The topological polar surface area (TPSA) is 57.7 Å². The Bertz CT molecular complexity index is 1100. The second kappa shape index (κ2) is 10.6. The van der Waals surface area contributed by atoms with Crippen LogP contribution in [0.3, 0.4) is 0 Å². The first kappa shape index (κ1) is 22.9. The molecule has 3 aromatic rings. The average molecular weight is 477 g/mol. The highest BCUT2D eigenvalue weighted by Crippen LogP contribution is 2.32. The molecular weight excluding hydrogens is 444 g/mol. The number of rotatable bonds is 7. The number of carbonyl (C=O) groups excluding carboxylic acids is 1. The van der Waals surface area contributed by atoms with Crippen LogP contribution in [0.5, 0.6) is 5.75 Å². The van der Waals surface area contributed by atoms with Crippen LogP contribution in [-0.2, 0) is 13.0 Å². The maximum absolute atomic E-state index is 12.7. The molecular formula is C27H32N4O2S. The summed E-state index contributed by atoms with van der Waals surface area (Å²) in [5.74, 6) is 0.906. The summed E-state index contributed by atoms with van der Waals surface area (Å²) in [6, 6.07) is 18.5. The van der Waals surface area contributed by atoms with E-state index in [1.54, 1.807) is 11.3 Å². The predicted octanol–water partition coefficient (Wildman–Crippen LogP) is 5.65. The third kappa shape index (κ3) is 5.42. The fraction of sp³-hybridized carbons (Fsp3) is 0.407. The molecule has 0 spiro atoms. The van der Waals surface area contributed by atoms with Crippen molar-refractivity contribution in [2.75, 3.05) is 31.6 Å². The number of thiazole rings is 1. The van der Waals surface area contributed by atoms with Crippen LogP contribution in [0.4, 0.5) is 10.5 Å². The van der Waals surface area contributed by atoms with Crippen molar-refractivity contribution in [1.82, 2.24) is 14.8 Å². The van der Waals surface area contributed by atoms with Crippen LogP contribution in [-0.4, -0.2) is 53.1 Å². The number of anilines is 1. The highest BCUT2D eigenvalue weighted by Gasteiger charge is 2.24. The molecule has 7 heteroatoms. The van der Waals surface area contributed by atoms with Crippen molar-refractivity contribution in [2.45, 2.75) is 45.2 Å². The summed E-state index contributed by atoms with van der Waals surface area (Å²) >= 11 is 1.68. The number of fused-ring (bicyclic) bond motifs is 1. The monoisotopic (exact) mass is 476 g/mol. The van der Waals surface area contributed by atoms with E-state index in [-0.39, 0.29) is 6.03 Å². The minimum Gasteiger partial charge on any atom is -0.494 e. The highest BCUT2D eigenvalue weighted by molar-refractivity contribution is 7.15. The number of carbonyl (C=O) groups is 1. The van der Waals surface area contributed by atoms with Crippen molar-refractivity contribution in [1.29, 1.82) is 0 Å². The molecule has 2 aliphatic heterocycles. The third-order valence-corrected chi connectivity index (χ3v) is 7.83. The lowest BCUT2D eigenvalue weighted by Gasteiger charge is -2.26. The number of nitrogens with one attached hydrogen (secondary N) is 1. The Morgan fingerprint density at radius 2 is 1.97 bits per heavy atom. The van der Waals surface area contributed by atoms with E-state index in [0.717, 1.165) is 53.7 Å². The molecule has 1 N–H and O–H groups in total. The number of amides is 2. The minimum atomic E-state index is -0.0625. The number of ether oxygens (including phenoxy) is 1. The van der Waals surface area contributed by atoms with Gasteiger partial charge in [0.15, 0.2) is 0 Å². The first-order valence-corrected chi connectivity index (χ1v) is 13.0. The molecule has 0 radical (unpaired) electrons. The Morgan fingerprint density at radius 3 is 2.74 bits per heavy atom. The molecule has 1 fully saturated rings. The Balaban J connectivity index is 1.14. The number of aromatic nitrogens is 1. The second-order valence-corrected chi connectivity index (χ2v) is 10.2. The molecule has 178 valence electrons. The molecule has 1 aromatic heterocycles. The van der Waals surface area contributed by atoms with Gasteiger partial charge in [-0.2, -0.15) is 0 Å². The van der Waals surface area contributed by atoms with Crippen LogP contribution in [0, 0.1) is 0 Å². The first-order valence-electron chi connectivity index (χ1n) is 12.2. The number of hydrogen-bond donors (Lipinski definition) is 1. The zero-order valence-electron chi connectivity index (χ0n) is 19.7. The molecule has 0 aliphatic carbocycles. The van der Waals surface area contributed by atoms with E-state index in [2.05, 4.69) is 29.3 Å². The van der Waals surface area contributed by atoms with Crippen LogP contribution >= 0.6 is 11.3 Å². The molecule has 0 bridgehead atoms. The van der Waals surface area contributed by atoms with Gasteiger partial charge < -0.3 is 19.9 Å². The summed E-state index contributed by atoms with van der Waals surface area (Å²) in [6.07, 6.45) is 4.48. The maximum atomic E-state index is 12.7. The van der Waals surface area contributed by atoms with E-state index in [1.807, 2.05) is 47.4 Å². The lowest BCUT2D eigenvalue weighted by atomic mass is 10.2. The number of urea groups is 1. The van der Waals surface area contributed by atoms with Crippen molar-refractivity contribution >= 4 is 23.1 Å². The molecule has 0 saturated carbocycles. The smallest absolute Gasteiger partial charge is 0.322 e.